The molecule has 0 bridgehead atoms. The van der Waals surface area contributed by atoms with Gasteiger partial charge in [0.25, 0.3) is 0 Å². The van der Waals surface area contributed by atoms with Gasteiger partial charge in [0, 0.05) is 16.9 Å². The fraction of sp³-hybridized carbons (Fsp3) is 0.882. The van der Waals surface area contributed by atoms with Crippen molar-refractivity contribution in [2.75, 3.05) is 0 Å². The molecule has 0 radical (unpaired) electrons. The predicted octanol–water partition coefficient (Wildman–Crippen LogP) is 3.00. The Morgan fingerprint density at radius 1 is 1.00 bits per heavy atom. The molecule has 2 aliphatic carbocycles. The highest BCUT2D eigenvalue weighted by atomic mass is 16.3. The molecule has 0 aromatic rings. The van der Waals surface area contributed by atoms with Crippen molar-refractivity contribution >= 4 is 0 Å². The third kappa shape index (κ3) is 2.81. The summed E-state index contributed by atoms with van der Waals surface area (Å²) < 4.78 is 0. The van der Waals surface area contributed by atoms with Crippen molar-refractivity contribution < 1.29 is 10.2 Å². The zero-order valence-corrected chi connectivity index (χ0v) is 14.1. The quantitative estimate of drug-likeness (QED) is 0.599. The van der Waals surface area contributed by atoms with Crippen molar-refractivity contribution in [1.29, 1.82) is 0 Å². The Balaban J connectivity index is 0.000000200. The smallest absolute Gasteiger partial charge is 0.0710 e. The summed E-state index contributed by atoms with van der Waals surface area (Å²) in [7, 11) is 0. The largest absolute Gasteiger partial charge is 0.390 e. The second kappa shape index (κ2) is 5.11. The zero-order chi connectivity index (χ0) is 16.0. The molecule has 3 heteroatoms. The molecule has 3 nitrogen and oxygen atoms in total. The fourth-order valence-corrected chi connectivity index (χ4v) is 2.92. The van der Waals surface area contributed by atoms with Crippen LogP contribution in [-0.2, 0) is 0 Å². The molecule has 0 saturated heterocycles. The molecular formula is C17H33NO2. The lowest BCUT2D eigenvalue weighted by Gasteiger charge is -2.35. The molecule has 2 saturated carbocycles. The van der Waals surface area contributed by atoms with Crippen LogP contribution in [-0.4, -0.2) is 27.5 Å². The van der Waals surface area contributed by atoms with Crippen LogP contribution < -0.4 is 5.73 Å². The number of nitrogens with two attached hydrogens (primary N) is 1. The highest BCUT2D eigenvalue weighted by Crippen LogP contribution is 2.48. The van der Waals surface area contributed by atoms with Gasteiger partial charge in [0.1, 0.15) is 0 Å². The Morgan fingerprint density at radius 3 is 1.60 bits per heavy atom. The molecule has 2 aliphatic rings. The van der Waals surface area contributed by atoms with Gasteiger partial charge in [-0.2, -0.15) is 0 Å². The first-order chi connectivity index (χ1) is 8.76. The third-order valence-electron chi connectivity index (χ3n) is 6.40. The standard InChI is InChI=1S/C9H16O.C8H17NO/c1-7-5-6-9(4,10)8(7,2)3;1-7(2)6(9)4-5-8(7,3)10/h10H,1,5-6H2,2-4H3;6,10H,4-5,9H2,1-3H3. The van der Waals surface area contributed by atoms with E-state index in [4.69, 9.17) is 5.73 Å². The predicted molar refractivity (Wildman–Crippen MR) is 84.4 cm³/mol. The third-order valence-corrected chi connectivity index (χ3v) is 6.40. The SMILES string of the molecule is C=C1CCC(C)(O)C1(C)C.CC1(O)CCC(N)C1(C)C. The lowest BCUT2D eigenvalue weighted by atomic mass is 9.77. The summed E-state index contributed by atoms with van der Waals surface area (Å²) in [5.41, 5.74) is 5.70. The molecule has 0 aromatic heterocycles. The number of hydrogen-bond donors (Lipinski definition) is 3. The van der Waals surface area contributed by atoms with Gasteiger partial charge in [-0.05, 0) is 39.5 Å². The van der Waals surface area contributed by atoms with Gasteiger partial charge in [-0.25, -0.2) is 0 Å². The van der Waals surface area contributed by atoms with Crippen molar-refractivity contribution in [1.82, 2.24) is 0 Å². The van der Waals surface area contributed by atoms with E-state index in [1.807, 2.05) is 27.7 Å². The van der Waals surface area contributed by atoms with Gasteiger partial charge < -0.3 is 15.9 Å². The summed E-state index contributed by atoms with van der Waals surface area (Å²) in [6.45, 7) is 15.9. The van der Waals surface area contributed by atoms with Crippen LogP contribution in [0.1, 0.15) is 67.2 Å². The highest BCUT2D eigenvalue weighted by Gasteiger charge is 2.48. The Morgan fingerprint density at radius 2 is 1.50 bits per heavy atom. The van der Waals surface area contributed by atoms with Crippen LogP contribution in [0, 0.1) is 10.8 Å². The minimum atomic E-state index is -0.563. The second-order valence-corrected chi connectivity index (χ2v) is 8.14. The van der Waals surface area contributed by atoms with Crippen LogP contribution in [0.15, 0.2) is 12.2 Å². The average Bonchev–Trinajstić information content (AvgIpc) is 2.60. The average molecular weight is 283 g/mol. The van der Waals surface area contributed by atoms with Crippen molar-refractivity contribution in [2.45, 2.75) is 84.5 Å². The maximum Gasteiger partial charge on any atom is 0.0710 e. The van der Waals surface area contributed by atoms with Gasteiger partial charge >= 0.3 is 0 Å². The van der Waals surface area contributed by atoms with Gasteiger partial charge in [-0.1, -0.05) is 39.8 Å². The minimum Gasteiger partial charge on any atom is -0.390 e. The van der Waals surface area contributed by atoms with Gasteiger partial charge in [0.15, 0.2) is 0 Å². The van der Waals surface area contributed by atoms with Crippen LogP contribution in [0.5, 0.6) is 0 Å². The molecule has 0 amide bonds. The van der Waals surface area contributed by atoms with E-state index in [0.29, 0.717) is 0 Å². The molecule has 20 heavy (non-hydrogen) atoms. The molecule has 0 aliphatic heterocycles. The first-order valence-corrected chi connectivity index (χ1v) is 7.64. The molecule has 3 atom stereocenters. The van der Waals surface area contributed by atoms with E-state index in [-0.39, 0.29) is 16.9 Å². The number of aliphatic hydroxyl groups is 2. The summed E-state index contributed by atoms with van der Waals surface area (Å²) in [6.07, 6.45) is 3.61. The molecule has 2 rings (SSSR count). The van der Waals surface area contributed by atoms with Crippen LogP contribution >= 0.6 is 0 Å². The highest BCUT2D eigenvalue weighted by molar-refractivity contribution is 5.20. The first kappa shape index (κ1) is 17.7. The Kier molecular flexibility index (Phi) is 4.52. The molecule has 118 valence electrons. The lowest BCUT2D eigenvalue weighted by Crippen LogP contribution is -2.45. The van der Waals surface area contributed by atoms with E-state index >= 15 is 0 Å². The number of hydrogen-bond acceptors (Lipinski definition) is 3. The van der Waals surface area contributed by atoms with E-state index in [1.54, 1.807) is 0 Å². The van der Waals surface area contributed by atoms with Gasteiger partial charge in [-0.3, -0.25) is 0 Å². The van der Waals surface area contributed by atoms with Gasteiger partial charge in [0.2, 0.25) is 0 Å². The topological polar surface area (TPSA) is 66.5 Å². The first-order valence-electron chi connectivity index (χ1n) is 7.64. The van der Waals surface area contributed by atoms with Crippen molar-refractivity contribution in [3.8, 4) is 0 Å². The van der Waals surface area contributed by atoms with Crippen molar-refractivity contribution in [3.05, 3.63) is 12.2 Å². The van der Waals surface area contributed by atoms with Crippen LogP contribution in [0.3, 0.4) is 0 Å². The molecular weight excluding hydrogens is 250 g/mol. The molecule has 2 fully saturated rings. The minimum absolute atomic E-state index is 0.0903. The summed E-state index contributed by atoms with van der Waals surface area (Å²) in [5, 5.41) is 19.6. The Labute approximate surface area is 124 Å². The van der Waals surface area contributed by atoms with E-state index in [2.05, 4.69) is 20.4 Å². The Bertz CT molecular complexity index is 380. The van der Waals surface area contributed by atoms with E-state index in [1.165, 1.54) is 5.57 Å². The lowest BCUT2D eigenvalue weighted by molar-refractivity contribution is -0.0304. The van der Waals surface area contributed by atoms with Crippen molar-refractivity contribution in [2.24, 2.45) is 16.6 Å². The molecule has 3 unspecified atom stereocenters. The maximum atomic E-state index is 9.83. The van der Waals surface area contributed by atoms with Crippen LogP contribution in [0.25, 0.3) is 0 Å². The maximum absolute atomic E-state index is 9.83. The van der Waals surface area contributed by atoms with Crippen LogP contribution in [0.2, 0.25) is 0 Å². The van der Waals surface area contributed by atoms with E-state index < -0.39 is 11.2 Å². The monoisotopic (exact) mass is 283 g/mol. The molecule has 4 N–H and O–H groups in total. The molecule has 0 spiro atoms. The second-order valence-electron chi connectivity index (χ2n) is 8.14. The Hall–Kier alpha value is -0.380. The summed E-state index contributed by atoms with van der Waals surface area (Å²) in [4.78, 5) is 0. The fourth-order valence-electron chi connectivity index (χ4n) is 2.92. The summed E-state index contributed by atoms with van der Waals surface area (Å²) in [5.74, 6) is 0. The number of rotatable bonds is 0. The van der Waals surface area contributed by atoms with Gasteiger partial charge in [-0.15, -0.1) is 0 Å². The van der Waals surface area contributed by atoms with Gasteiger partial charge in [0.05, 0.1) is 11.2 Å². The normalized spacial score (nSPS) is 42.2. The van der Waals surface area contributed by atoms with Crippen LogP contribution in [0.4, 0.5) is 0 Å². The zero-order valence-electron chi connectivity index (χ0n) is 14.1. The molecule has 0 heterocycles. The van der Waals surface area contributed by atoms with Crippen molar-refractivity contribution in [3.63, 3.8) is 0 Å². The van der Waals surface area contributed by atoms with E-state index in [9.17, 15) is 10.2 Å². The summed E-state index contributed by atoms with van der Waals surface area (Å²) in [6, 6.07) is 0.155. The van der Waals surface area contributed by atoms with E-state index in [0.717, 1.165) is 25.7 Å². The molecule has 0 aromatic carbocycles. The summed E-state index contributed by atoms with van der Waals surface area (Å²) >= 11 is 0.